The fourth-order valence-electron chi connectivity index (χ4n) is 1.70. The molecule has 2 aromatic rings. The van der Waals surface area contributed by atoms with Crippen molar-refractivity contribution in [3.63, 3.8) is 0 Å². The van der Waals surface area contributed by atoms with Gasteiger partial charge in [-0.15, -0.1) is 0 Å². The summed E-state index contributed by atoms with van der Waals surface area (Å²) in [5.41, 5.74) is 2.89. The molecule has 4 heteroatoms. The number of thiophene rings is 1. The van der Waals surface area contributed by atoms with Crippen molar-refractivity contribution in [2.75, 3.05) is 0 Å². The van der Waals surface area contributed by atoms with E-state index in [0.717, 1.165) is 21.2 Å². The third-order valence-electron chi connectivity index (χ3n) is 2.82. The Balaban J connectivity index is 2.08. The molecule has 0 aliphatic carbocycles. The summed E-state index contributed by atoms with van der Waals surface area (Å²) in [6.07, 6.45) is 0. The van der Waals surface area contributed by atoms with Crippen LogP contribution in [0.3, 0.4) is 0 Å². The lowest BCUT2D eigenvalue weighted by molar-refractivity contribution is 0.0940. The Bertz CT molecular complexity index is 547. The highest BCUT2D eigenvalue weighted by molar-refractivity contribution is 9.10. The first-order valence-corrected chi connectivity index (χ1v) is 7.40. The molecule has 2 rings (SSSR count). The monoisotopic (exact) mass is 323 g/mol. The molecular weight excluding hydrogens is 310 g/mol. The third kappa shape index (κ3) is 3.00. The first kappa shape index (κ1) is 13.3. The third-order valence-corrected chi connectivity index (χ3v) is 4.21. The van der Waals surface area contributed by atoms with E-state index >= 15 is 0 Å². The molecular formula is C14H14BrNOS. The number of aryl methyl sites for hydroxylation is 1. The van der Waals surface area contributed by atoms with Crippen molar-refractivity contribution in [3.8, 4) is 0 Å². The molecule has 0 saturated carbocycles. The van der Waals surface area contributed by atoms with Crippen molar-refractivity contribution in [1.29, 1.82) is 0 Å². The first-order chi connectivity index (χ1) is 8.58. The van der Waals surface area contributed by atoms with Crippen LogP contribution >= 0.6 is 27.3 Å². The summed E-state index contributed by atoms with van der Waals surface area (Å²) in [6.45, 7) is 3.94. The molecule has 1 aromatic carbocycles. The number of carbonyl (C=O) groups is 1. The van der Waals surface area contributed by atoms with E-state index in [2.05, 4.69) is 21.2 Å². The second kappa shape index (κ2) is 5.67. The number of benzene rings is 1. The minimum Gasteiger partial charge on any atom is -0.345 e. The van der Waals surface area contributed by atoms with Gasteiger partial charge in [0, 0.05) is 9.85 Å². The zero-order chi connectivity index (χ0) is 13.1. The maximum atomic E-state index is 12.1. The van der Waals surface area contributed by atoms with Crippen molar-refractivity contribution in [2.45, 2.75) is 19.9 Å². The maximum Gasteiger partial charge on any atom is 0.252 e. The van der Waals surface area contributed by atoms with Crippen LogP contribution in [-0.2, 0) is 0 Å². The van der Waals surface area contributed by atoms with Gasteiger partial charge in [0.05, 0.1) is 11.6 Å². The molecule has 1 unspecified atom stereocenters. The lowest BCUT2D eigenvalue weighted by Gasteiger charge is -2.14. The highest BCUT2D eigenvalue weighted by atomic mass is 79.9. The molecule has 0 aliphatic rings. The second-order valence-corrected chi connectivity index (χ2v) is 5.87. The molecule has 0 bridgehead atoms. The molecule has 1 aromatic heterocycles. The van der Waals surface area contributed by atoms with E-state index in [0.29, 0.717) is 0 Å². The fraction of sp³-hybridized carbons (Fsp3) is 0.214. The quantitative estimate of drug-likeness (QED) is 0.895. The minimum atomic E-state index is -0.0100. The topological polar surface area (TPSA) is 29.1 Å². The van der Waals surface area contributed by atoms with Gasteiger partial charge in [0.15, 0.2) is 0 Å². The molecule has 0 saturated heterocycles. The number of hydrogen-bond donors (Lipinski definition) is 1. The van der Waals surface area contributed by atoms with Gasteiger partial charge in [-0.05, 0) is 42.5 Å². The summed E-state index contributed by atoms with van der Waals surface area (Å²) in [6, 6.07) is 7.98. The van der Waals surface area contributed by atoms with Crippen molar-refractivity contribution in [3.05, 3.63) is 56.2 Å². The number of rotatable bonds is 3. The normalized spacial score (nSPS) is 12.2. The molecule has 0 spiro atoms. The Morgan fingerprint density at radius 3 is 2.50 bits per heavy atom. The summed E-state index contributed by atoms with van der Waals surface area (Å²) < 4.78 is 1.04. The van der Waals surface area contributed by atoms with E-state index in [9.17, 15) is 4.79 Å². The van der Waals surface area contributed by atoms with E-state index < -0.39 is 0 Å². The highest BCUT2D eigenvalue weighted by Crippen LogP contribution is 2.18. The van der Waals surface area contributed by atoms with Crippen LogP contribution in [0.2, 0.25) is 0 Å². The molecule has 1 N–H and O–H groups in total. The minimum absolute atomic E-state index is 0.00454. The van der Waals surface area contributed by atoms with Gasteiger partial charge in [0.1, 0.15) is 0 Å². The van der Waals surface area contributed by atoms with Gasteiger partial charge < -0.3 is 5.32 Å². The number of halogens is 1. The van der Waals surface area contributed by atoms with Crippen LogP contribution in [0.5, 0.6) is 0 Å². The zero-order valence-electron chi connectivity index (χ0n) is 10.2. The van der Waals surface area contributed by atoms with Crippen LogP contribution in [0.4, 0.5) is 0 Å². The highest BCUT2D eigenvalue weighted by Gasteiger charge is 2.13. The number of nitrogens with one attached hydrogen (secondary N) is 1. The van der Waals surface area contributed by atoms with Gasteiger partial charge in [-0.25, -0.2) is 0 Å². The van der Waals surface area contributed by atoms with Gasteiger partial charge >= 0.3 is 0 Å². The average molecular weight is 324 g/mol. The summed E-state index contributed by atoms with van der Waals surface area (Å²) >= 11 is 4.95. The van der Waals surface area contributed by atoms with E-state index in [1.54, 1.807) is 11.3 Å². The Kier molecular flexibility index (Phi) is 4.19. The molecule has 1 atom stereocenters. The summed E-state index contributed by atoms with van der Waals surface area (Å²) in [7, 11) is 0. The molecule has 0 fully saturated rings. The number of carbonyl (C=O) groups excluding carboxylic acids is 1. The summed E-state index contributed by atoms with van der Waals surface area (Å²) in [5.74, 6) is -0.0100. The Labute approximate surface area is 119 Å². The molecule has 1 heterocycles. The first-order valence-electron chi connectivity index (χ1n) is 5.67. The van der Waals surface area contributed by atoms with Crippen molar-refractivity contribution in [2.24, 2.45) is 0 Å². The van der Waals surface area contributed by atoms with Crippen molar-refractivity contribution < 1.29 is 4.79 Å². The van der Waals surface area contributed by atoms with Crippen molar-refractivity contribution in [1.82, 2.24) is 5.32 Å². The van der Waals surface area contributed by atoms with Gasteiger partial charge in [-0.1, -0.05) is 28.1 Å². The predicted octanol–water partition coefficient (Wildman–Crippen LogP) is 4.31. The standard InChI is InChI=1S/C14H14BrNOS/c1-9-7-18-8-13(9)14(17)16-10(2)11-3-5-12(15)6-4-11/h3-8,10H,1-2H3,(H,16,17). The average Bonchev–Trinajstić information content (AvgIpc) is 2.76. The molecule has 0 aliphatic heterocycles. The lowest BCUT2D eigenvalue weighted by atomic mass is 10.1. The van der Waals surface area contributed by atoms with Crippen LogP contribution in [0, 0.1) is 6.92 Å². The molecule has 94 valence electrons. The van der Waals surface area contributed by atoms with Gasteiger partial charge in [-0.2, -0.15) is 11.3 Å². The molecule has 1 amide bonds. The van der Waals surface area contributed by atoms with Gasteiger partial charge in [0.25, 0.3) is 5.91 Å². The number of hydrogen-bond acceptors (Lipinski definition) is 2. The largest absolute Gasteiger partial charge is 0.345 e. The van der Waals surface area contributed by atoms with Crippen LogP contribution in [0.15, 0.2) is 39.5 Å². The number of amides is 1. The summed E-state index contributed by atoms with van der Waals surface area (Å²) in [4.78, 5) is 12.1. The Morgan fingerprint density at radius 2 is 1.94 bits per heavy atom. The van der Waals surface area contributed by atoms with E-state index in [1.165, 1.54) is 0 Å². The fourth-order valence-corrected chi connectivity index (χ4v) is 2.79. The lowest BCUT2D eigenvalue weighted by Crippen LogP contribution is -2.26. The van der Waals surface area contributed by atoms with Crippen LogP contribution in [-0.4, -0.2) is 5.91 Å². The van der Waals surface area contributed by atoms with E-state index in [1.807, 2.05) is 48.9 Å². The smallest absolute Gasteiger partial charge is 0.252 e. The maximum absolute atomic E-state index is 12.1. The van der Waals surface area contributed by atoms with Gasteiger partial charge in [0.2, 0.25) is 0 Å². The van der Waals surface area contributed by atoms with E-state index in [4.69, 9.17) is 0 Å². The Hall–Kier alpha value is -1.13. The van der Waals surface area contributed by atoms with Crippen LogP contribution in [0.25, 0.3) is 0 Å². The predicted molar refractivity (Wildman–Crippen MR) is 79.1 cm³/mol. The zero-order valence-corrected chi connectivity index (χ0v) is 12.6. The van der Waals surface area contributed by atoms with E-state index in [-0.39, 0.29) is 11.9 Å². The van der Waals surface area contributed by atoms with Crippen LogP contribution < -0.4 is 5.32 Å². The van der Waals surface area contributed by atoms with Crippen molar-refractivity contribution >= 4 is 33.2 Å². The SMILES string of the molecule is Cc1cscc1C(=O)NC(C)c1ccc(Br)cc1. The van der Waals surface area contributed by atoms with Crippen LogP contribution in [0.1, 0.15) is 34.5 Å². The molecule has 18 heavy (non-hydrogen) atoms. The summed E-state index contributed by atoms with van der Waals surface area (Å²) in [5, 5.41) is 6.88. The molecule has 2 nitrogen and oxygen atoms in total. The second-order valence-electron chi connectivity index (χ2n) is 4.22. The Morgan fingerprint density at radius 1 is 1.28 bits per heavy atom. The molecule has 0 radical (unpaired) electrons. The van der Waals surface area contributed by atoms with Gasteiger partial charge in [-0.3, -0.25) is 4.79 Å².